The fourth-order valence-corrected chi connectivity index (χ4v) is 6.60. The first kappa shape index (κ1) is 29.5. The maximum Gasteiger partial charge on any atom is 0.145 e. The van der Waals surface area contributed by atoms with Crippen LogP contribution in [0.2, 0.25) is 0 Å². The van der Waals surface area contributed by atoms with E-state index in [-0.39, 0.29) is 18.4 Å². The van der Waals surface area contributed by atoms with E-state index in [9.17, 15) is 20.1 Å². The number of carbonyl (C=O) groups is 1. The molecule has 35 heavy (non-hydrogen) atoms. The van der Waals surface area contributed by atoms with Crippen LogP contribution in [0, 0.1) is 17.3 Å². The number of aldehydes is 1. The molecule has 4 heteroatoms. The first-order valence-corrected chi connectivity index (χ1v) is 13.4. The number of hydrogen-bond donors (Lipinski definition) is 3. The maximum absolute atomic E-state index is 11.9. The second-order valence-electron chi connectivity index (χ2n) is 11.1. The van der Waals surface area contributed by atoms with E-state index in [0.717, 1.165) is 43.1 Å². The van der Waals surface area contributed by atoms with E-state index in [1.54, 1.807) is 0 Å². The van der Waals surface area contributed by atoms with Crippen LogP contribution in [0.3, 0.4) is 0 Å². The summed E-state index contributed by atoms with van der Waals surface area (Å²) in [6, 6.07) is 0. The van der Waals surface area contributed by atoms with Crippen LogP contribution in [0.1, 0.15) is 92.4 Å². The molecule has 0 aromatic carbocycles. The number of carbonyl (C=O) groups excluding carboxylic acids is 1. The minimum Gasteiger partial charge on any atom is -0.396 e. The molecule has 0 saturated heterocycles. The monoisotopic (exact) mass is 484 g/mol. The van der Waals surface area contributed by atoms with Crippen molar-refractivity contribution < 1.29 is 20.1 Å². The molecule has 0 heterocycles. The predicted octanol–water partition coefficient (Wildman–Crippen LogP) is 6.39. The molecule has 2 aliphatic rings. The van der Waals surface area contributed by atoms with Gasteiger partial charge in [-0.2, -0.15) is 0 Å². The molecule has 196 valence electrons. The molecule has 5 unspecified atom stereocenters. The van der Waals surface area contributed by atoms with Crippen LogP contribution in [-0.4, -0.2) is 39.9 Å². The highest BCUT2D eigenvalue weighted by molar-refractivity contribution is 5.74. The largest absolute Gasteiger partial charge is 0.396 e. The number of rotatable bonds is 11. The van der Waals surface area contributed by atoms with Crippen LogP contribution >= 0.6 is 0 Å². The van der Waals surface area contributed by atoms with Crippen molar-refractivity contribution in [3.05, 3.63) is 58.7 Å². The predicted molar refractivity (Wildman–Crippen MR) is 145 cm³/mol. The second kappa shape index (κ2) is 13.0. The van der Waals surface area contributed by atoms with Crippen molar-refractivity contribution in [2.24, 2.45) is 17.3 Å². The summed E-state index contributed by atoms with van der Waals surface area (Å²) in [5, 5.41) is 33.2. The summed E-state index contributed by atoms with van der Waals surface area (Å²) >= 11 is 0. The maximum atomic E-state index is 11.9. The normalized spacial score (nSPS) is 32.8. The van der Waals surface area contributed by atoms with E-state index in [1.807, 2.05) is 19.9 Å². The Morgan fingerprint density at radius 1 is 1.23 bits per heavy atom. The van der Waals surface area contributed by atoms with Crippen LogP contribution < -0.4 is 0 Å². The van der Waals surface area contributed by atoms with Gasteiger partial charge in [-0.3, -0.25) is 4.79 Å². The van der Waals surface area contributed by atoms with E-state index < -0.39 is 17.1 Å². The third-order valence-electron chi connectivity index (χ3n) is 8.58. The Hall–Kier alpha value is -1.75. The highest BCUT2D eigenvalue weighted by Gasteiger charge is 2.63. The van der Waals surface area contributed by atoms with Crippen molar-refractivity contribution in [3.63, 3.8) is 0 Å². The molecule has 0 aromatic rings. The number of aliphatic hydroxyl groups is 3. The lowest BCUT2D eigenvalue weighted by Crippen LogP contribution is -2.59. The van der Waals surface area contributed by atoms with Gasteiger partial charge in [0.05, 0.1) is 11.7 Å². The minimum absolute atomic E-state index is 0.0393. The molecular weight excluding hydrogens is 436 g/mol. The average molecular weight is 485 g/mol. The average Bonchev–Trinajstić information content (AvgIpc) is 3.15. The van der Waals surface area contributed by atoms with Crippen LogP contribution in [0.4, 0.5) is 0 Å². The zero-order valence-corrected chi connectivity index (χ0v) is 22.6. The van der Waals surface area contributed by atoms with Crippen molar-refractivity contribution in [3.8, 4) is 0 Å². The van der Waals surface area contributed by atoms with Gasteiger partial charge in [0.15, 0.2) is 0 Å². The van der Waals surface area contributed by atoms with Crippen molar-refractivity contribution >= 4 is 6.29 Å². The molecule has 0 bridgehead atoms. The molecule has 5 atom stereocenters. The third kappa shape index (κ3) is 6.53. The molecule has 1 spiro atoms. The number of hydrogen-bond acceptors (Lipinski definition) is 4. The Bertz CT molecular complexity index is 868. The van der Waals surface area contributed by atoms with Crippen LogP contribution in [-0.2, 0) is 4.79 Å². The van der Waals surface area contributed by atoms with E-state index in [1.165, 1.54) is 11.1 Å². The summed E-state index contributed by atoms with van der Waals surface area (Å²) in [6.07, 6.45) is 15.3. The van der Waals surface area contributed by atoms with E-state index in [4.69, 9.17) is 0 Å². The minimum atomic E-state index is -1.04. The molecular formula is C31H48O4. The van der Waals surface area contributed by atoms with Gasteiger partial charge in [0.1, 0.15) is 6.29 Å². The molecule has 2 aliphatic carbocycles. The summed E-state index contributed by atoms with van der Waals surface area (Å²) in [5.41, 5.74) is 3.57. The lowest BCUT2D eigenvalue weighted by Gasteiger charge is -2.55. The molecule has 2 rings (SSSR count). The van der Waals surface area contributed by atoms with Crippen molar-refractivity contribution in [1.29, 1.82) is 0 Å². The standard InChI is InChI=1S/C31H48O4/c1-7-25(14-9-13-23(4)12-8-11-22(2)3)27-17-19-31(29(27)34)28(15-10-20-32)26(24(5)21-33)16-18-30(31,6)35/h9,11,13-14,21,27-29,32,34-35H,4,7-8,10,12,15-20H2,1-3,5-6H3. The zero-order valence-electron chi connectivity index (χ0n) is 22.6. The van der Waals surface area contributed by atoms with Crippen LogP contribution in [0.15, 0.2) is 58.7 Å². The third-order valence-corrected chi connectivity index (χ3v) is 8.58. The Kier molecular flexibility index (Phi) is 10.9. The Labute approximate surface area is 213 Å². The molecule has 3 N–H and O–H groups in total. The number of aliphatic hydroxyl groups excluding tert-OH is 2. The molecule has 0 amide bonds. The van der Waals surface area contributed by atoms with Gasteiger partial charge in [-0.15, -0.1) is 0 Å². The van der Waals surface area contributed by atoms with Gasteiger partial charge in [0, 0.05) is 17.9 Å². The first-order valence-electron chi connectivity index (χ1n) is 13.4. The highest BCUT2D eigenvalue weighted by atomic mass is 16.3. The SMILES string of the molecule is C=C(C=CC=C(CC)C1CCC2(C(CCCO)C(=C(C)C=O)CCC2(C)O)C1O)CCC=C(C)C. The summed E-state index contributed by atoms with van der Waals surface area (Å²) in [7, 11) is 0. The smallest absolute Gasteiger partial charge is 0.145 e. The van der Waals surface area contributed by atoms with Crippen molar-refractivity contribution in [2.75, 3.05) is 6.61 Å². The molecule has 0 aromatic heterocycles. The lowest BCUT2D eigenvalue weighted by molar-refractivity contribution is -0.167. The second-order valence-corrected chi connectivity index (χ2v) is 11.1. The quantitative estimate of drug-likeness (QED) is 0.137. The Balaban J connectivity index is 2.35. The highest BCUT2D eigenvalue weighted by Crippen LogP contribution is 2.63. The van der Waals surface area contributed by atoms with Gasteiger partial charge in [0.25, 0.3) is 0 Å². The molecule has 2 fully saturated rings. The number of allylic oxidation sites excluding steroid dienone is 8. The molecule has 2 saturated carbocycles. The van der Waals surface area contributed by atoms with Gasteiger partial charge in [-0.05, 0) is 97.0 Å². The van der Waals surface area contributed by atoms with Gasteiger partial charge in [0.2, 0.25) is 0 Å². The molecule has 0 radical (unpaired) electrons. The van der Waals surface area contributed by atoms with Gasteiger partial charge in [-0.25, -0.2) is 0 Å². The topological polar surface area (TPSA) is 77.8 Å². The van der Waals surface area contributed by atoms with Gasteiger partial charge < -0.3 is 15.3 Å². The molecule has 0 aliphatic heterocycles. The van der Waals surface area contributed by atoms with Gasteiger partial charge >= 0.3 is 0 Å². The van der Waals surface area contributed by atoms with E-state index >= 15 is 0 Å². The van der Waals surface area contributed by atoms with Crippen molar-refractivity contribution in [2.45, 2.75) is 104 Å². The van der Waals surface area contributed by atoms with Crippen LogP contribution in [0.25, 0.3) is 0 Å². The lowest BCUT2D eigenvalue weighted by atomic mass is 9.52. The fourth-order valence-electron chi connectivity index (χ4n) is 6.60. The van der Waals surface area contributed by atoms with E-state index in [2.05, 4.69) is 45.6 Å². The van der Waals surface area contributed by atoms with Gasteiger partial charge in [-0.1, -0.05) is 60.1 Å². The summed E-state index contributed by atoms with van der Waals surface area (Å²) in [5.74, 6) is -0.158. The summed E-state index contributed by atoms with van der Waals surface area (Å²) < 4.78 is 0. The summed E-state index contributed by atoms with van der Waals surface area (Å²) in [4.78, 5) is 11.7. The van der Waals surface area contributed by atoms with Crippen LogP contribution in [0.5, 0.6) is 0 Å². The Morgan fingerprint density at radius 2 is 1.94 bits per heavy atom. The van der Waals surface area contributed by atoms with E-state index in [0.29, 0.717) is 37.7 Å². The summed E-state index contributed by atoms with van der Waals surface area (Å²) in [6.45, 7) is 14.3. The zero-order chi connectivity index (χ0) is 26.2. The fraction of sp³-hybridized carbons (Fsp3) is 0.645. The molecule has 4 nitrogen and oxygen atoms in total. The van der Waals surface area contributed by atoms with Crippen molar-refractivity contribution in [1.82, 2.24) is 0 Å². The Morgan fingerprint density at radius 3 is 2.54 bits per heavy atom. The first-order chi connectivity index (χ1) is 16.6.